The molecule has 4 N–H and O–H groups in total. The van der Waals surface area contributed by atoms with Crippen LogP contribution in [0.4, 0.5) is 4.79 Å². The highest BCUT2D eigenvalue weighted by Gasteiger charge is 2.45. The van der Waals surface area contributed by atoms with E-state index in [-0.39, 0.29) is 0 Å². The van der Waals surface area contributed by atoms with Gasteiger partial charge in [0.25, 0.3) is 5.91 Å². The van der Waals surface area contributed by atoms with Crippen LogP contribution < -0.4 is 10.6 Å². The summed E-state index contributed by atoms with van der Waals surface area (Å²) in [6.45, 7) is 1.59. The molecule has 9 heteroatoms. The fourth-order valence-electron chi connectivity index (χ4n) is 1.53. The number of carbonyl (C=O) groups excluding carboxylic acids is 3. The van der Waals surface area contributed by atoms with E-state index in [9.17, 15) is 19.2 Å². The Morgan fingerprint density at radius 1 is 1.42 bits per heavy atom. The Balaban J connectivity index is 2.65. The Morgan fingerprint density at radius 2 is 2.00 bits per heavy atom. The van der Waals surface area contributed by atoms with Crippen LogP contribution in [-0.2, 0) is 14.4 Å². The smallest absolute Gasteiger partial charge is 0.328 e. The van der Waals surface area contributed by atoms with Gasteiger partial charge in [-0.15, -0.1) is 0 Å². The number of aliphatic carboxylic acids is 1. The number of aliphatic hydroxyl groups is 1. The van der Waals surface area contributed by atoms with Crippen molar-refractivity contribution >= 4 is 23.8 Å². The number of carboxylic acid groups (broad SMARTS) is 1. The van der Waals surface area contributed by atoms with Gasteiger partial charge in [-0.3, -0.25) is 14.5 Å². The van der Waals surface area contributed by atoms with Gasteiger partial charge in [-0.1, -0.05) is 0 Å². The van der Waals surface area contributed by atoms with E-state index in [2.05, 4.69) is 5.32 Å². The minimum Gasteiger partial charge on any atom is -0.480 e. The van der Waals surface area contributed by atoms with Crippen molar-refractivity contribution in [3.63, 3.8) is 0 Å². The van der Waals surface area contributed by atoms with E-state index in [0.29, 0.717) is 4.90 Å². The zero-order valence-electron chi connectivity index (χ0n) is 10.5. The first-order valence-corrected chi connectivity index (χ1v) is 5.46. The Hall–Kier alpha value is -2.16. The first-order chi connectivity index (χ1) is 8.69. The molecule has 1 rings (SSSR count). The van der Waals surface area contributed by atoms with Crippen molar-refractivity contribution in [2.75, 3.05) is 13.2 Å². The predicted molar refractivity (Wildman–Crippen MR) is 61.0 cm³/mol. The third-order valence-electron chi connectivity index (χ3n) is 2.56. The number of hydrogen-bond acceptors (Lipinski definition) is 5. The molecule has 0 aromatic carbocycles. The second-order valence-corrected chi connectivity index (χ2v) is 4.59. The highest BCUT2D eigenvalue weighted by molar-refractivity contribution is 6.08. The van der Waals surface area contributed by atoms with Gasteiger partial charge in [-0.05, 0) is 13.8 Å². The molecule has 0 aromatic heterocycles. The van der Waals surface area contributed by atoms with E-state index in [1.807, 2.05) is 5.32 Å². The summed E-state index contributed by atoms with van der Waals surface area (Å²) in [4.78, 5) is 46.0. The second kappa shape index (κ2) is 5.22. The van der Waals surface area contributed by atoms with Gasteiger partial charge in [0.2, 0.25) is 5.91 Å². The molecule has 19 heavy (non-hydrogen) atoms. The maximum absolute atomic E-state index is 11.8. The minimum atomic E-state index is -1.47. The van der Waals surface area contributed by atoms with Crippen molar-refractivity contribution in [3.05, 3.63) is 0 Å². The molecule has 0 aromatic rings. The maximum Gasteiger partial charge on any atom is 0.328 e. The number of amides is 4. The molecule has 9 nitrogen and oxygen atoms in total. The Labute approximate surface area is 108 Å². The second-order valence-electron chi connectivity index (χ2n) is 4.59. The fourth-order valence-corrected chi connectivity index (χ4v) is 1.53. The van der Waals surface area contributed by atoms with Crippen LogP contribution in [0.25, 0.3) is 0 Å². The number of hydrogen-bond donors (Lipinski definition) is 4. The summed E-state index contributed by atoms with van der Waals surface area (Å²) < 4.78 is 0. The highest BCUT2D eigenvalue weighted by Crippen LogP contribution is 2.15. The number of rotatable bonds is 5. The average molecular weight is 273 g/mol. The molecular weight excluding hydrogens is 258 g/mol. The van der Waals surface area contributed by atoms with Crippen molar-refractivity contribution in [2.24, 2.45) is 0 Å². The molecule has 0 radical (unpaired) electrons. The quantitative estimate of drug-likeness (QED) is 0.423. The molecule has 1 aliphatic heterocycles. The van der Waals surface area contributed by atoms with Crippen LogP contribution in [0.2, 0.25) is 0 Å². The molecule has 1 aliphatic rings. The van der Waals surface area contributed by atoms with Crippen LogP contribution >= 0.6 is 0 Å². The summed E-state index contributed by atoms with van der Waals surface area (Å²) in [5.74, 6) is -2.83. The summed E-state index contributed by atoms with van der Waals surface area (Å²) >= 11 is 0. The Morgan fingerprint density at radius 3 is 2.37 bits per heavy atom. The summed E-state index contributed by atoms with van der Waals surface area (Å²) in [6.07, 6.45) is 0. The topological polar surface area (TPSA) is 136 Å². The standard InChI is InChI=1S/C10H15N3O6/c1-10(2)8(18)13(9(19)12-10)3-6(15)11-5(4-14)7(16)17/h5,14H,3-4H2,1-2H3,(H,11,15)(H,12,19)(H,16,17)/t5-/m1/s1. The van der Waals surface area contributed by atoms with E-state index >= 15 is 0 Å². The molecule has 1 atom stereocenters. The normalized spacial score (nSPS) is 19.0. The lowest BCUT2D eigenvalue weighted by Gasteiger charge is -2.17. The van der Waals surface area contributed by atoms with Crippen molar-refractivity contribution in [3.8, 4) is 0 Å². The molecule has 0 spiro atoms. The van der Waals surface area contributed by atoms with E-state index in [0.717, 1.165) is 0 Å². The van der Waals surface area contributed by atoms with Gasteiger partial charge < -0.3 is 20.8 Å². The van der Waals surface area contributed by atoms with Crippen LogP contribution in [0.15, 0.2) is 0 Å². The van der Waals surface area contributed by atoms with Crippen LogP contribution in [0.3, 0.4) is 0 Å². The number of carbonyl (C=O) groups is 4. The molecule has 106 valence electrons. The largest absolute Gasteiger partial charge is 0.480 e. The van der Waals surface area contributed by atoms with Gasteiger partial charge in [0.15, 0.2) is 0 Å². The highest BCUT2D eigenvalue weighted by atomic mass is 16.4. The Kier molecular flexibility index (Phi) is 4.10. The number of nitrogens with zero attached hydrogens (tertiary/aromatic N) is 1. The molecular formula is C10H15N3O6. The van der Waals surface area contributed by atoms with Gasteiger partial charge >= 0.3 is 12.0 Å². The third-order valence-corrected chi connectivity index (χ3v) is 2.56. The first kappa shape index (κ1) is 14.9. The van der Waals surface area contributed by atoms with Crippen molar-refractivity contribution in [1.29, 1.82) is 0 Å². The summed E-state index contributed by atoms with van der Waals surface area (Å²) in [5, 5.41) is 21.8. The summed E-state index contributed by atoms with van der Waals surface area (Å²) in [7, 11) is 0. The van der Waals surface area contributed by atoms with Gasteiger partial charge in [-0.25, -0.2) is 9.59 Å². The molecule has 1 heterocycles. The summed E-state index contributed by atoms with van der Waals surface area (Å²) in [6, 6.07) is -2.19. The maximum atomic E-state index is 11.8. The lowest BCUT2D eigenvalue weighted by Crippen LogP contribution is -2.49. The molecule has 0 unspecified atom stereocenters. The number of aliphatic hydroxyl groups excluding tert-OH is 1. The molecule has 0 saturated carbocycles. The monoisotopic (exact) mass is 273 g/mol. The van der Waals surface area contributed by atoms with E-state index in [1.165, 1.54) is 13.8 Å². The number of nitrogens with one attached hydrogen (secondary N) is 2. The lowest BCUT2D eigenvalue weighted by molar-refractivity contribution is -0.143. The van der Waals surface area contributed by atoms with Crippen molar-refractivity contribution in [1.82, 2.24) is 15.5 Å². The predicted octanol–water partition coefficient (Wildman–Crippen LogP) is -2.12. The number of urea groups is 1. The molecule has 1 fully saturated rings. The number of imide groups is 1. The van der Waals surface area contributed by atoms with E-state index < -0.39 is 48.5 Å². The van der Waals surface area contributed by atoms with Gasteiger partial charge in [0.1, 0.15) is 18.1 Å². The number of carboxylic acids is 1. The van der Waals surface area contributed by atoms with Crippen molar-refractivity contribution < 1.29 is 29.4 Å². The zero-order chi connectivity index (χ0) is 14.8. The molecule has 0 bridgehead atoms. The van der Waals surface area contributed by atoms with Crippen LogP contribution in [0.1, 0.15) is 13.8 Å². The van der Waals surface area contributed by atoms with Gasteiger partial charge in [0.05, 0.1) is 6.61 Å². The van der Waals surface area contributed by atoms with Crippen LogP contribution in [-0.4, -0.2) is 63.7 Å². The molecule has 0 aliphatic carbocycles. The fraction of sp³-hybridized carbons (Fsp3) is 0.600. The lowest BCUT2D eigenvalue weighted by atomic mass is 10.1. The molecule has 4 amide bonds. The zero-order valence-corrected chi connectivity index (χ0v) is 10.5. The minimum absolute atomic E-state index is 0.580. The van der Waals surface area contributed by atoms with Crippen LogP contribution in [0, 0.1) is 0 Å². The molecule has 1 saturated heterocycles. The first-order valence-electron chi connectivity index (χ1n) is 5.46. The SMILES string of the molecule is CC1(C)NC(=O)N(CC(=O)N[C@H](CO)C(=O)O)C1=O. The Bertz CT molecular complexity index is 433. The van der Waals surface area contributed by atoms with Crippen LogP contribution in [0.5, 0.6) is 0 Å². The van der Waals surface area contributed by atoms with E-state index in [1.54, 1.807) is 0 Å². The van der Waals surface area contributed by atoms with Crippen molar-refractivity contribution in [2.45, 2.75) is 25.4 Å². The van der Waals surface area contributed by atoms with Gasteiger partial charge in [0, 0.05) is 0 Å². The third kappa shape index (κ3) is 3.19. The average Bonchev–Trinajstić information content (AvgIpc) is 2.48. The van der Waals surface area contributed by atoms with E-state index in [4.69, 9.17) is 10.2 Å². The van der Waals surface area contributed by atoms with Gasteiger partial charge in [-0.2, -0.15) is 0 Å². The summed E-state index contributed by atoms with van der Waals surface area (Å²) in [5.41, 5.74) is -1.10.